The van der Waals surface area contributed by atoms with E-state index in [2.05, 4.69) is 100 Å². The normalized spacial score (nSPS) is 12.1. The maximum Gasteiger partial charge on any atom is 0.126 e. The molecule has 7 rings (SSSR count). The third-order valence-electron chi connectivity index (χ3n) is 6.90. The molecule has 0 unspecified atom stereocenters. The maximum absolute atomic E-state index is 4.90. The van der Waals surface area contributed by atoms with Gasteiger partial charge in [-0.05, 0) is 25.1 Å². The summed E-state index contributed by atoms with van der Waals surface area (Å²) in [4.78, 5) is 9.55. The molecule has 0 aliphatic carbocycles. The highest BCUT2D eigenvalue weighted by atomic mass is 15.0. The highest BCUT2D eigenvalue weighted by Gasteiger charge is 2.19. The van der Waals surface area contributed by atoms with Gasteiger partial charge in [0, 0.05) is 45.0 Å². The average Bonchev–Trinajstić information content (AvgIpc) is 3.32. The molecule has 0 saturated heterocycles. The number of hydrogen-bond donors (Lipinski definition) is 0. The van der Waals surface area contributed by atoms with Crippen LogP contribution in [-0.2, 0) is 13.6 Å². The molecular formula is C29H22N4. The molecule has 0 N–H and O–H groups in total. The number of aryl methyl sites for hydroxylation is 2. The zero-order valence-electron chi connectivity index (χ0n) is 18.6. The molecule has 0 spiro atoms. The zero-order valence-corrected chi connectivity index (χ0v) is 18.6. The Hall–Kier alpha value is -4.18. The van der Waals surface area contributed by atoms with Gasteiger partial charge in [-0.15, -0.1) is 0 Å². The monoisotopic (exact) mass is 426 g/mol. The summed E-state index contributed by atoms with van der Waals surface area (Å²) in [6.07, 6.45) is 0. The van der Waals surface area contributed by atoms with E-state index in [0.29, 0.717) is 6.54 Å². The minimum atomic E-state index is 0.689. The van der Waals surface area contributed by atoms with E-state index in [-0.39, 0.29) is 0 Å². The minimum absolute atomic E-state index is 0.689. The number of nitrogens with zero attached hydrogens (tertiary/aromatic N) is 4. The van der Waals surface area contributed by atoms with Crippen molar-refractivity contribution in [2.45, 2.75) is 13.5 Å². The smallest absolute Gasteiger partial charge is 0.126 e. The first-order chi connectivity index (χ1) is 16.2. The number of benzene rings is 4. The van der Waals surface area contributed by atoms with Crippen molar-refractivity contribution in [1.82, 2.24) is 19.1 Å². The van der Waals surface area contributed by atoms with E-state index in [0.717, 1.165) is 22.4 Å². The Labute approximate surface area is 190 Å². The van der Waals surface area contributed by atoms with Gasteiger partial charge in [-0.2, -0.15) is 0 Å². The SMILES string of the molecule is Cc1nc(Cn2c3ccccc3c3ccc4c5ccccc5n(C)c4c32)c2ccccc2n1. The van der Waals surface area contributed by atoms with E-state index < -0.39 is 0 Å². The van der Waals surface area contributed by atoms with Gasteiger partial charge in [0.05, 0.1) is 28.8 Å². The second-order valence-corrected chi connectivity index (χ2v) is 8.77. The number of para-hydroxylation sites is 3. The topological polar surface area (TPSA) is 35.6 Å². The van der Waals surface area contributed by atoms with E-state index in [9.17, 15) is 0 Å². The van der Waals surface area contributed by atoms with Crippen LogP contribution < -0.4 is 0 Å². The van der Waals surface area contributed by atoms with Gasteiger partial charge in [0.15, 0.2) is 0 Å². The molecule has 0 amide bonds. The Morgan fingerprint density at radius 3 is 2.00 bits per heavy atom. The molecule has 4 nitrogen and oxygen atoms in total. The Morgan fingerprint density at radius 2 is 1.21 bits per heavy atom. The lowest BCUT2D eigenvalue weighted by atomic mass is 10.1. The second-order valence-electron chi connectivity index (χ2n) is 8.77. The van der Waals surface area contributed by atoms with E-state index in [1.54, 1.807) is 0 Å². The third-order valence-corrected chi connectivity index (χ3v) is 6.90. The van der Waals surface area contributed by atoms with Crippen LogP contribution in [0.2, 0.25) is 0 Å². The largest absolute Gasteiger partial charge is 0.342 e. The van der Waals surface area contributed by atoms with E-state index >= 15 is 0 Å². The molecule has 0 fully saturated rings. The first kappa shape index (κ1) is 18.4. The van der Waals surface area contributed by atoms with Crippen molar-refractivity contribution in [2.75, 3.05) is 0 Å². The van der Waals surface area contributed by atoms with Crippen LogP contribution in [0.4, 0.5) is 0 Å². The predicted octanol–water partition coefficient (Wildman–Crippen LogP) is 6.74. The molecule has 7 aromatic rings. The van der Waals surface area contributed by atoms with Crippen LogP contribution in [0.1, 0.15) is 11.5 Å². The quantitative estimate of drug-likeness (QED) is 0.307. The summed E-state index contributed by atoms with van der Waals surface area (Å²) < 4.78 is 4.78. The Balaban J connectivity index is 1.64. The van der Waals surface area contributed by atoms with Crippen molar-refractivity contribution < 1.29 is 0 Å². The van der Waals surface area contributed by atoms with Crippen molar-refractivity contribution in [1.29, 1.82) is 0 Å². The van der Waals surface area contributed by atoms with Crippen LogP contribution in [0.15, 0.2) is 84.9 Å². The van der Waals surface area contributed by atoms with Gasteiger partial charge in [-0.1, -0.05) is 66.7 Å². The van der Waals surface area contributed by atoms with Crippen molar-refractivity contribution in [3.05, 3.63) is 96.4 Å². The molecule has 3 heterocycles. The van der Waals surface area contributed by atoms with Crippen LogP contribution in [-0.4, -0.2) is 19.1 Å². The van der Waals surface area contributed by atoms with Crippen LogP contribution in [0, 0.1) is 6.92 Å². The summed E-state index contributed by atoms with van der Waals surface area (Å²) in [6.45, 7) is 2.67. The van der Waals surface area contributed by atoms with Gasteiger partial charge in [0.25, 0.3) is 0 Å². The molecule has 0 bridgehead atoms. The van der Waals surface area contributed by atoms with Crippen molar-refractivity contribution >= 4 is 54.5 Å². The fourth-order valence-corrected chi connectivity index (χ4v) is 5.50. The van der Waals surface area contributed by atoms with E-state index in [1.807, 2.05) is 13.0 Å². The van der Waals surface area contributed by atoms with Crippen LogP contribution in [0.25, 0.3) is 54.5 Å². The average molecular weight is 427 g/mol. The van der Waals surface area contributed by atoms with Gasteiger partial charge in [-0.3, -0.25) is 0 Å². The molecule has 4 heteroatoms. The third kappa shape index (κ3) is 2.52. The standard InChI is InChI=1S/C29H22N4/c1-18-30-24-12-6-3-11-23(24)25(31-18)17-33-27-14-8-5-10-20(27)22-16-15-21-19-9-4-7-13-26(19)32(2)28(21)29(22)33/h3-16H,17H2,1-2H3. The van der Waals surface area contributed by atoms with Crippen molar-refractivity contribution in [2.24, 2.45) is 7.05 Å². The predicted molar refractivity (Wildman–Crippen MR) is 137 cm³/mol. The maximum atomic E-state index is 4.90. The summed E-state index contributed by atoms with van der Waals surface area (Å²) in [7, 11) is 2.18. The highest BCUT2D eigenvalue weighted by molar-refractivity contribution is 6.22. The van der Waals surface area contributed by atoms with Crippen LogP contribution in [0.3, 0.4) is 0 Å². The van der Waals surface area contributed by atoms with Crippen molar-refractivity contribution in [3.8, 4) is 0 Å². The fraction of sp³-hybridized carbons (Fsp3) is 0.103. The number of fused-ring (bicyclic) bond motifs is 8. The van der Waals surface area contributed by atoms with E-state index in [1.165, 1.54) is 43.6 Å². The number of aromatic nitrogens is 4. The van der Waals surface area contributed by atoms with E-state index in [4.69, 9.17) is 4.98 Å². The molecular weight excluding hydrogens is 404 g/mol. The number of hydrogen-bond acceptors (Lipinski definition) is 2. The Morgan fingerprint density at radius 1 is 0.606 bits per heavy atom. The fourth-order valence-electron chi connectivity index (χ4n) is 5.50. The minimum Gasteiger partial charge on any atom is -0.342 e. The zero-order chi connectivity index (χ0) is 22.1. The lowest BCUT2D eigenvalue weighted by Gasteiger charge is -2.12. The molecule has 3 aromatic heterocycles. The first-order valence-electron chi connectivity index (χ1n) is 11.3. The lowest BCUT2D eigenvalue weighted by Crippen LogP contribution is -2.05. The lowest BCUT2D eigenvalue weighted by molar-refractivity contribution is 0.829. The summed E-state index contributed by atoms with van der Waals surface area (Å²) in [6, 6.07) is 30.2. The highest BCUT2D eigenvalue weighted by Crippen LogP contribution is 2.38. The first-order valence-corrected chi connectivity index (χ1v) is 11.3. The summed E-state index contributed by atoms with van der Waals surface area (Å²) in [5, 5.41) is 6.23. The molecule has 4 aromatic carbocycles. The molecule has 0 aliphatic heterocycles. The molecule has 158 valence electrons. The van der Waals surface area contributed by atoms with Crippen LogP contribution >= 0.6 is 0 Å². The summed E-state index contributed by atoms with van der Waals surface area (Å²) in [5.41, 5.74) is 7.05. The van der Waals surface area contributed by atoms with Crippen molar-refractivity contribution in [3.63, 3.8) is 0 Å². The number of rotatable bonds is 2. The second kappa shape index (κ2) is 6.66. The van der Waals surface area contributed by atoms with Crippen LogP contribution in [0.5, 0.6) is 0 Å². The summed E-state index contributed by atoms with van der Waals surface area (Å²) >= 11 is 0. The summed E-state index contributed by atoms with van der Waals surface area (Å²) in [5.74, 6) is 0.805. The Kier molecular flexibility index (Phi) is 3.71. The molecule has 0 aliphatic rings. The Bertz CT molecular complexity index is 1870. The molecule has 0 atom stereocenters. The van der Waals surface area contributed by atoms with Gasteiger partial charge >= 0.3 is 0 Å². The molecule has 0 radical (unpaired) electrons. The van der Waals surface area contributed by atoms with Gasteiger partial charge < -0.3 is 9.13 Å². The molecule has 0 saturated carbocycles. The van der Waals surface area contributed by atoms with Gasteiger partial charge in [0.1, 0.15) is 5.82 Å². The van der Waals surface area contributed by atoms with Gasteiger partial charge in [0.2, 0.25) is 0 Å². The van der Waals surface area contributed by atoms with Gasteiger partial charge in [-0.25, -0.2) is 9.97 Å². The molecule has 33 heavy (non-hydrogen) atoms.